The summed E-state index contributed by atoms with van der Waals surface area (Å²) in [4.78, 5) is 17.0. The lowest BCUT2D eigenvalue weighted by molar-refractivity contribution is -0.185. The Morgan fingerprint density at radius 2 is 1.95 bits per heavy atom. The Balaban J connectivity index is 0.00000161. The van der Waals surface area contributed by atoms with Crippen molar-refractivity contribution in [2.45, 2.75) is 25.2 Å². The van der Waals surface area contributed by atoms with Crippen molar-refractivity contribution in [3.63, 3.8) is 0 Å². The zero-order valence-corrected chi connectivity index (χ0v) is 12.5. The van der Waals surface area contributed by atoms with Crippen molar-refractivity contribution in [3.8, 4) is 0 Å². The van der Waals surface area contributed by atoms with Crippen LogP contribution in [0, 0.1) is 0 Å². The number of ether oxygens (including phenoxy) is 2. The number of piperidine rings is 1. The molecule has 2 aliphatic heterocycles. The summed E-state index contributed by atoms with van der Waals surface area (Å²) in [5.74, 6) is -1.34. The number of hydrogen-bond acceptors (Lipinski definition) is 5. The second kappa shape index (κ2) is 6.70. The molecule has 0 amide bonds. The summed E-state index contributed by atoms with van der Waals surface area (Å²) < 4.78 is 11.4. The quantitative estimate of drug-likeness (QED) is 0.912. The number of carbonyl (C=O) groups is 1. The van der Waals surface area contributed by atoms with Gasteiger partial charge in [-0.15, -0.1) is 12.4 Å². The number of carboxylic acids is 1. The molecule has 0 atom stereocenters. The van der Waals surface area contributed by atoms with Crippen molar-refractivity contribution in [3.05, 3.63) is 29.6 Å². The Hall–Kier alpha value is -1.21. The summed E-state index contributed by atoms with van der Waals surface area (Å²) in [7, 11) is 0. The van der Waals surface area contributed by atoms with Crippen LogP contribution in [0.15, 0.2) is 18.3 Å². The van der Waals surface area contributed by atoms with Gasteiger partial charge in [-0.05, 0) is 11.6 Å². The second-order valence-electron chi connectivity index (χ2n) is 5.24. The van der Waals surface area contributed by atoms with Gasteiger partial charge in [0.25, 0.3) is 0 Å². The number of nitrogens with zero attached hydrogens (tertiary/aromatic N) is 2. The Labute approximate surface area is 129 Å². The van der Waals surface area contributed by atoms with E-state index in [0.29, 0.717) is 13.2 Å². The molecule has 3 heterocycles. The molecule has 0 aromatic carbocycles. The minimum atomic E-state index is -0.994. The molecule has 0 unspecified atom stereocenters. The van der Waals surface area contributed by atoms with E-state index in [0.717, 1.165) is 38.0 Å². The number of likely N-dealkylation sites (tertiary alicyclic amines) is 1. The van der Waals surface area contributed by atoms with Crippen molar-refractivity contribution in [2.24, 2.45) is 0 Å². The molecule has 116 valence electrons. The number of rotatable bonds is 3. The van der Waals surface area contributed by atoms with Gasteiger partial charge in [0.15, 0.2) is 5.79 Å². The number of carboxylic acid groups (broad SMARTS) is 1. The molecule has 0 saturated carbocycles. The van der Waals surface area contributed by atoms with Gasteiger partial charge >= 0.3 is 5.97 Å². The first-order valence-corrected chi connectivity index (χ1v) is 6.85. The van der Waals surface area contributed by atoms with Crippen LogP contribution in [0.5, 0.6) is 0 Å². The fourth-order valence-corrected chi connectivity index (χ4v) is 2.74. The molecule has 1 aromatic heterocycles. The molecule has 2 fully saturated rings. The lowest BCUT2D eigenvalue weighted by atomic mass is 10.0. The number of hydrogen-bond donors (Lipinski definition) is 1. The number of halogens is 1. The predicted octanol–water partition coefficient (Wildman–Crippen LogP) is 1.54. The molecular weight excluding hydrogens is 296 g/mol. The SMILES string of the molecule is Cl.O=C(O)c1ccc(CN2CCC3(CC2)OCCO3)cn1. The Kier molecular flexibility index (Phi) is 5.16. The first-order valence-electron chi connectivity index (χ1n) is 6.85. The minimum Gasteiger partial charge on any atom is -0.477 e. The molecule has 6 nitrogen and oxygen atoms in total. The summed E-state index contributed by atoms with van der Waals surface area (Å²) >= 11 is 0. The van der Waals surface area contributed by atoms with E-state index in [4.69, 9.17) is 14.6 Å². The van der Waals surface area contributed by atoms with Gasteiger partial charge in [0.2, 0.25) is 0 Å². The molecule has 3 rings (SSSR count). The highest BCUT2D eigenvalue weighted by atomic mass is 35.5. The monoisotopic (exact) mass is 314 g/mol. The fraction of sp³-hybridized carbons (Fsp3) is 0.571. The number of aromatic carboxylic acids is 1. The maximum Gasteiger partial charge on any atom is 0.354 e. The van der Waals surface area contributed by atoms with Gasteiger partial charge < -0.3 is 14.6 Å². The molecule has 1 aromatic rings. The molecule has 1 spiro atoms. The zero-order valence-electron chi connectivity index (χ0n) is 11.7. The first-order chi connectivity index (χ1) is 9.67. The van der Waals surface area contributed by atoms with Crippen LogP contribution in [0.4, 0.5) is 0 Å². The third kappa shape index (κ3) is 3.71. The average Bonchev–Trinajstić information content (AvgIpc) is 2.91. The highest BCUT2D eigenvalue weighted by molar-refractivity contribution is 5.85. The lowest BCUT2D eigenvalue weighted by Crippen LogP contribution is -2.44. The summed E-state index contributed by atoms with van der Waals surface area (Å²) in [6.07, 6.45) is 3.40. The number of pyridine rings is 1. The number of aromatic nitrogens is 1. The fourth-order valence-electron chi connectivity index (χ4n) is 2.74. The molecule has 7 heteroatoms. The van der Waals surface area contributed by atoms with Gasteiger partial charge in [-0.1, -0.05) is 6.07 Å². The van der Waals surface area contributed by atoms with E-state index in [1.165, 1.54) is 0 Å². The van der Waals surface area contributed by atoms with Gasteiger partial charge in [0.1, 0.15) is 5.69 Å². The summed E-state index contributed by atoms with van der Waals surface area (Å²) in [5.41, 5.74) is 1.11. The summed E-state index contributed by atoms with van der Waals surface area (Å²) in [6.45, 7) is 4.01. The Morgan fingerprint density at radius 3 is 2.48 bits per heavy atom. The van der Waals surface area contributed by atoms with Gasteiger partial charge in [-0.2, -0.15) is 0 Å². The van der Waals surface area contributed by atoms with Gasteiger partial charge in [0, 0.05) is 38.7 Å². The highest BCUT2D eigenvalue weighted by Crippen LogP contribution is 2.31. The van der Waals surface area contributed by atoms with Crippen molar-refractivity contribution in [1.29, 1.82) is 0 Å². The average molecular weight is 315 g/mol. The molecule has 0 aliphatic carbocycles. The van der Waals surface area contributed by atoms with Gasteiger partial charge in [-0.3, -0.25) is 4.90 Å². The first kappa shape index (κ1) is 16.2. The van der Waals surface area contributed by atoms with Crippen LogP contribution in [0.1, 0.15) is 28.9 Å². The minimum absolute atomic E-state index is 0. The van der Waals surface area contributed by atoms with E-state index in [1.54, 1.807) is 12.3 Å². The summed E-state index contributed by atoms with van der Waals surface area (Å²) in [5, 5.41) is 8.81. The van der Waals surface area contributed by atoms with Crippen LogP contribution >= 0.6 is 12.4 Å². The van der Waals surface area contributed by atoms with Crippen molar-refractivity contribution in [1.82, 2.24) is 9.88 Å². The van der Waals surface area contributed by atoms with E-state index in [1.807, 2.05) is 6.07 Å². The van der Waals surface area contributed by atoms with Crippen LogP contribution in [0.3, 0.4) is 0 Å². The molecular formula is C14H19ClN2O4. The standard InChI is InChI=1S/C14H18N2O4.ClH/c17-13(18)12-2-1-11(9-15-12)10-16-5-3-14(4-6-16)19-7-8-20-14;/h1-2,9H,3-8,10H2,(H,17,18);1H. The van der Waals surface area contributed by atoms with Crippen LogP contribution in [-0.2, 0) is 16.0 Å². The molecule has 2 saturated heterocycles. The van der Waals surface area contributed by atoms with E-state index in [9.17, 15) is 4.79 Å². The Bertz CT molecular complexity index is 478. The maximum absolute atomic E-state index is 10.7. The normalized spacial score (nSPS) is 21.1. The van der Waals surface area contributed by atoms with Crippen molar-refractivity contribution < 1.29 is 19.4 Å². The summed E-state index contributed by atoms with van der Waals surface area (Å²) in [6, 6.07) is 3.37. The van der Waals surface area contributed by atoms with Crippen LogP contribution in [0.2, 0.25) is 0 Å². The zero-order chi connectivity index (χ0) is 14.0. The maximum atomic E-state index is 10.7. The van der Waals surface area contributed by atoms with E-state index < -0.39 is 5.97 Å². The highest BCUT2D eigenvalue weighted by Gasteiger charge is 2.39. The Morgan fingerprint density at radius 1 is 1.29 bits per heavy atom. The predicted molar refractivity (Wildman–Crippen MR) is 77.6 cm³/mol. The van der Waals surface area contributed by atoms with Crippen molar-refractivity contribution in [2.75, 3.05) is 26.3 Å². The smallest absolute Gasteiger partial charge is 0.354 e. The van der Waals surface area contributed by atoms with Crippen molar-refractivity contribution >= 4 is 18.4 Å². The van der Waals surface area contributed by atoms with Gasteiger partial charge in [0.05, 0.1) is 13.2 Å². The van der Waals surface area contributed by atoms with Gasteiger partial charge in [-0.25, -0.2) is 9.78 Å². The van der Waals surface area contributed by atoms with E-state index >= 15 is 0 Å². The van der Waals surface area contributed by atoms with Crippen LogP contribution in [-0.4, -0.2) is 53.1 Å². The van der Waals surface area contributed by atoms with Crippen LogP contribution in [0.25, 0.3) is 0 Å². The van der Waals surface area contributed by atoms with E-state index in [2.05, 4.69) is 9.88 Å². The van der Waals surface area contributed by atoms with Crippen LogP contribution < -0.4 is 0 Å². The molecule has 0 radical (unpaired) electrons. The topological polar surface area (TPSA) is 71.9 Å². The lowest BCUT2D eigenvalue weighted by Gasteiger charge is -2.37. The largest absolute Gasteiger partial charge is 0.477 e. The molecule has 21 heavy (non-hydrogen) atoms. The molecule has 2 aliphatic rings. The second-order valence-corrected chi connectivity index (χ2v) is 5.24. The molecule has 0 bridgehead atoms. The third-order valence-electron chi connectivity index (χ3n) is 3.88. The van der Waals surface area contributed by atoms with E-state index in [-0.39, 0.29) is 23.9 Å². The molecule has 1 N–H and O–H groups in total. The third-order valence-corrected chi connectivity index (χ3v) is 3.88.